The predicted octanol–water partition coefficient (Wildman–Crippen LogP) is 2.26. The van der Waals surface area contributed by atoms with Gasteiger partial charge in [0.2, 0.25) is 5.91 Å². The first-order valence-electron chi connectivity index (χ1n) is 7.48. The maximum atomic E-state index is 12.3. The summed E-state index contributed by atoms with van der Waals surface area (Å²) in [6.07, 6.45) is 6.01. The molecule has 1 atom stereocenters. The summed E-state index contributed by atoms with van der Waals surface area (Å²) in [4.78, 5) is 21.7. The third kappa shape index (κ3) is 3.37. The monoisotopic (exact) mass is 328 g/mol. The van der Waals surface area contributed by atoms with E-state index in [1.165, 1.54) is 10.6 Å². The number of carbonyl (C=O) groups is 1. The molecule has 0 spiro atoms. The van der Waals surface area contributed by atoms with Gasteiger partial charge in [-0.1, -0.05) is 0 Å². The lowest BCUT2D eigenvalue weighted by molar-refractivity contribution is -0.124. The molecule has 1 aliphatic rings. The average Bonchev–Trinajstić information content (AvgIpc) is 3.10. The van der Waals surface area contributed by atoms with Gasteiger partial charge in [-0.15, -0.1) is 11.3 Å². The number of nitrogens with two attached hydrogens (primary N) is 1. The van der Waals surface area contributed by atoms with Crippen molar-refractivity contribution in [3.8, 4) is 0 Å². The molecule has 0 saturated heterocycles. The minimum absolute atomic E-state index is 0.00882. The zero-order chi connectivity index (χ0) is 16.4. The first-order valence-corrected chi connectivity index (χ1v) is 8.36. The Morgan fingerprint density at radius 2 is 2.35 bits per heavy atom. The van der Waals surface area contributed by atoms with Crippen LogP contribution in [-0.4, -0.2) is 42.5 Å². The zero-order valence-corrected chi connectivity index (χ0v) is 14.1. The minimum Gasteiger partial charge on any atom is -0.384 e. The highest BCUT2D eigenvalue weighted by atomic mass is 32.1. The summed E-state index contributed by atoms with van der Waals surface area (Å²) >= 11 is 1.79. The average molecular weight is 328 g/mol. The van der Waals surface area contributed by atoms with Crippen LogP contribution in [0.5, 0.6) is 0 Å². The van der Waals surface area contributed by atoms with Crippen molar-refractivity contribution in [1.82, 2.24) is 9.88 Å². The number of hydrogen-bond acceptors (Lipinski definition) is 5. The molecule has 2 N–H and O–H groups in total. The van der Waals surface area contributed by atoms with Gasteiger partial charge in [0, 0.05) is 44.2 Å². The number of nitrogen functional groups attached to an aromatic ring is 1. The summed E-state index contributed by atoms with van der Waals surface area (Å²) in [5, 5.41) is 2.12. The Hall–Kier alpha value is -2.34. The van der Waals surface area contributed by atoms with E-state index < -0.39 is 0 Å². The summed E-state index contributed by atoms with van der Waals surface area (Å²) < 4.78 is 0. The van der Waals surface area contributed by atoms with Crippen LogP contribution in [0.3, 0.4) is 0 Å². The molecule has 6 heteroatoms. The van der Waals surface area contributed by atoms with Crippen LogP contribution in [-0.2, 0) is 11.2 Å². The molecule has 0 aromatic carbocycles. The Morgan fingerprint density at radius 1 is 1.52 bits per heavy atom. The highest BCUT2D eigenvalue weighted by Gasteiger charge is 2.28. The molecule has 0 saturated carbocycles. The maximum Gasteiger partial charge on any atom is 0.246 e. The van der Waals surface area contributed by atoms with Crippen molar-refractivity contribution in [2.75, 3.05) is 31.3 Å². The molecule has 1 amide bonds. The maximum absolute atomic E-state index is 12.3. The SMILES string of the molecule is CN(CC1Cc2sccc2N1C)C(=O)/C=C/c1ccc(N)nc1. The first kappa shape index (κ1) is 15.6. The van der Waals surface area contributed by atoms with Crippen LogP contribution in [0.25, 0.3) is 6.08 Å². The summed E-state index contributed by atoms with van der Waals surface area (Å²) in [6, 6.07) is 6.06. The van der Waals surface area contributed by atoms with Crippen LogP contribution >= 0.6 is 11.3 Å². The Kier molecular flexibility index (Phi) is 4.34. The van der Waals surface area contributed by atoms with Gasteiger partial charge in [0.1, 0.15) is 5.82 Å². The minimum atomic E-state index is -0.00882. The smallest absolute Gasteiger partial charge is 0.246 e. The van der Waals surface area contributed by atoms with Crippen LogP contribution in [0.2, 0.25) is 0 Å². The number of carbonyl (C=O) groups excluding carboxylic acids is 1. The largest absolute Gasteiger partial charge is 0.384 e. The van der Waals surface area contributed by atoms with Crippen molar-refractivity contribution in [3.63, 3.8) is 0 Å². The topological polar surface area (TPSA) is 62.5 Å². The van der Waals surface area contributed by atoms with Crippen molar-refractivity contribution < 1.29 is 4.79 Å². The van der Waals surface area contributed by atoms with Crippen molar-refractivity contribution in [3.05, 3.63) is 46.3 Å². The van der Waals surface area contributed by atoms with Crippen molar-refractivity contribution >= 4 is 34.8 Å². The summed E-state index contributed by atoms with van der Waals surface area (Å²) in [5.41, 5.74) is 7.71. The fourth-order valence-corrected chi connectivity index (χ4v) is 3.73. The molecule has 3 heterocycles. The van der Waals surface area contributed by atoms with Gasteiger partial charge in [0.25, 0.3) is 0 Å². The second kappa shape index (κ2) is 6.42. The molecule has 3 rings (SSSR count). The quantitative estimate of drug-likeness (QED) is 0.875. The van der Waals surface area contributed by atoms with Crippen LogP contribution < -0.4 is 10.6 Å². The number of pyridine rings is 1. The number of thiophene rings is 1. The number of likely N-dealkylation sites (N-methyl/N-ethyl adjacent to an activating group) is 2. The Balaban J connectivity index is 1.58. The van der Waals surface area contributed by atoms with Gasteiger partial charge < -0.3 is 15.5 Å². The lowest BCUT2D eigenvalue weighted by Gasteiger charge is -2.27. The zero-order valence-electron chi connectivity index (χ0n) is 13.3. The Bertz CT molecular complexity index is 722. The van der Waals surface area contributed by atoms with Gasteiger partial charge in [0.05, 0.1) is 11.7 Å². The standard InChI is InChI=1S/C17H20N4OS/c1-20(11-13-9-15-14(21(13)2)7-8-23-15)17(22)6-4-12-3-5-16(18)19-10-12/h3-8,10,13H,9,11H2,1-2H3,(H2,18,19)/b6-4+. The van der Waals surface area contributed by atoms with Crippen LogP contribution in [0.1, 0.15) is 10.4 Å². The second-order valence-corrected chi connectivity index (χ2v) is 6.77. The molecule has 23 heavy (non-hydrogen) atoms. The Morgan fingerprint density at radius 3 is 3.04 bits per heavy atom. The van der Waals surface area contributed by atoms with E-state index in [2.05, 4.69) is 28.4 Å². The second-order valence-electron chi connectivity index (χ2n) is 5.77. The van der Waals surface area contributed by atoms with Gasteiger partial charge in [-0.3, -0.25) is 4.79 Å². The summed E-state index contributed by atoms with van der Waals surface area (Å²) in [5.74, 6) is 0.466. The van der Waals surface area contributed by atoms with E-state index in [1.54, 1.807) is 40.7 Å². The number of amides is 1. The molecule has 120 valence electrons. The van der Waals surface area contributed by atoms with Crippen molar-refractivity contribution in [1.29, 1.82) is 0 Å². The first-order chi connectivity index (χ1) is 11.0. The van der Waals surface area contributed by atoms with Crippen molar-refractivity contribution in [2.24, 2.45) is 0 Å². The third-order valence-corrected chi connectivity index (χ3v) is 5.09. The molecule has 5 nitrogen and oxygen atoms in total. The van der Waals surface area contributed by atoms with Crippen LogP contribution in [0.4, 0.5) is 11.5 Å². The molecule has 0 fully saturated rings. The predicted molar refractivity (Wildman–Crippen MR) is 95.5 cm³/mol. The molecule has 2 aromatic rings. The molecule has 0 aliphatic carbocycles. The lowest BCUT2D eigenvalue weighted by atomic mass is 10.2. The van der Waals surface area contributed by atoms with E-state index in [0.29, 0.717) is 18.4 Å². The highest BCUT2D eigenvalue weighted by molar-refractivity contribution is 7.10. The molecule has 1 unspecified atom stereocenters. The fraction of sp³-hybridized carbons (Fsp3) is 0.294. The van der Waals surface area contributed by atoms with Gasteiger partial charge in [0.15, 0.2) is 0 Å². The van der Waals surface area contributed by atoms with Crippen molar-refractivity contribution in [2.45, 2.75) is 12.5 Å². The Labute approximate surface area is 140 Å². The lowest BCUT2D eigenvalue weighted by Crippen LogP contribution is -2.40. The molecular weight excluding hydrogens is 308 g/mol. The normalized spacial score (nSPS) is 16.8. The van der Waals surface area contributed by atoms with E-state index in [-0.39, 0.29) is 5.91 Å². The highest BCUT2D eigenvalue weighted by Crippen LogP contribution is 2.35. The van der Waals surface area contributed by atoms with Gasteiger partial charge >= 0.3 is 0 Å². The number of rotatable bonds is 4. The molecular formula is C17H20N4OS. The summed E-state index contributed by atoms with van der Waals surface area (Å²) in [7, 11) is 3.94. The van der Waals surface area contributed by atoms with E-state index >= 15 is 0 Å². The fourth-order valence-electron chi connectivity index (χ4n) is 2.75. The molecule has 2 aromatic heterocycles. The molecule has 0 radical (unpaired) electrons. The van der Waals surface area contributed by atoms with Crippen LogP contribution in [0, 0.1) is 0 Å². The molecule has 1 aliphatic heterocycles. The number of anilines is 2. The van der Waals surface area contributed by atoms with Gasteiger partial charge in [-0.2, -0.15) is 0 Å². The molecule has 0 bridgehead atoms. The van der Waals surface area contributed by atoms with Gasteiger partial charge in [-0.25, -0.2) is 4.98 Å². The van der Waals surface area contributed by atoms with Gasteiger partial charge in [-0.05, 0) is 35.2 Å². The summed E-state index contributed by atoms with van der Waals surface area (Å²) in [6.45, 7) is 0.709. The van der Waals surface area contributed by atoms with E-state index in [9.17, 15) is 4.79 Å². The number of fused-ring (bicyclic) bond motifs is 1. The number of nitrogens with zero attached hydrogens (tertiary/aromatic N) is 3. The van der Waals surface area contributed by atoms with E-state index in [1.807, 2.05) is 13.1 Å². The third-order valence-electron chi connectivity index (χ3n) is 4.16. The number of aromatic nitrogens is 1. The number of hydrogen-bond donors (Lipinski definition) is 1. The van der Waals surface area contributed by atoms with E-state index in [0.717, 1.165) is 12.0 Å². The van der Waals surface area contributed by atoms with E-state index in [4.69, 9.17) is 5.73 Å². The van der Waals surface area contributed by atoms with Crippen LogP contribution in [0.15, 0.2) is 35.9 Å².